The lowest BCUT2D eigenvalue weighted by molar-refractivity contribution is 0.607. The molecule has 4 heteroatoms. The first kappa shape index (κ1) is 9.89. The lowest BCUT2D eigenvalue weighted by Gasteiger charge is -2.05. The van der Waals surface area contributed by atoms with E-state index in [0.717, 1.165) is 24.6 Å². The topological polar surface area (TPSA) is 66.7 Å². The molecule has 4 nitrogen and oxygen atoms in total. The zero-order valence-electron chi connectivity index (χ0n) is 8.52. The van der Waals surface area contributed by atoms with E-state index >= 15 is 0 Å². The van der Waals surface area contributed by atoms with Gasteiger partial charge < -0.3 is 16.0 Å². The van der Waals surface area contributed by atoms with Gasteiger partial charge in [0.2, 0.25) is 0 Å². The summed E-state index contributed by atoms with van der Waals surface area (Å²) in [5, 5.41) is 3.20. The van der Waals surface area contributed by atoms with E-state index in [1.165, 1.54) is 0 Å². The van der Waals surface area contributed by atoms with Crippen molar-refractivity contribution in [3.05, 3.63) is 5.82 Å². The summed E-state index contributed by atoms with van der Waals surface area (Å²) in [4.78, 5) is 7.17. The second-order valence-corrected chi connectivity index (χ2v) is 3.69. The van der Waals surface area contributed by atoms with Gasteiger partial charge in [-0.3, -0.25) is 0 Å². The van der Waals surface area contributed by atoms with E-state index in [4.69, 9.17) is 5.73 Å². The number of nitrogen functional groups attached to an aromatic ring is 1. The van der Waals surface area contributed by atoms with Gasteiger partial charge in [-0.05, 0) is 19.3 Å². The molecular weight excluding hydrogens is 164 g/mol. The smallest absolute Gasteiger partial charge is 0.168 e. The third-order valence-electron chi connectivity index (χ3n) is 1.86. The molecule has 1 rings (SSSR count). The zero-order valence-corrected chi connectivity index (χ0v) is 8.52. The van der Waals surface area contributed by atoms with E-state index in [1.54, 1.807) is 0 Å². The average Bonchev–Trinajstić information content (AvgIpc) is 2.29. The Bertz CT molecular complexity index is 265. The molecule has 0 aliphatic carbocycles. The highest BCUT2D eigenvalue weighted by molar-refractivity contribution is 5.56. The maximum Gasteiger partial charge on any atom is 0.168 e. The normalized spacial score (nSPS) is 10.8. The van der Waals surface area contributed by atoms with Crippen LogP contribution in [0.15, 0.2) is 0 Å². The van der Waals surface area contributed by atoms with Gasteiger partial charge in [-0.1, -0.05) is 13.8 Å². The summed E-state index contributed by atoms with van der Waals surface area (Å²) in [6.45, 7) is 7.21. The molecule has 1 aromatic rings. The number of nitrogens with zero attached hydrogens (tertiary/aromatic N) is 1. The zero-order chi connectivity index (χ0) is 9.84. The Morgan fingerprint density at radius 1 is 1.54 bits per heavy atom. The first-order chi connectivity index (χ1) is 6.09. The number of aromatic amines is 1. The van der Waals surface area contributed by atoms with Crippen LogP contribution in [0.1, 0.15) is 26.1 Å². The monoisotopic (exact) mass is 182 g/mol. The molecule has 0 bridgehead atoms. The Labute approximate surface area is 78.9 Å². The molecule has 0 fully saturated rings. The van der Waals surface area contributed by atoms with Crippen LogP contribution in [0.25, 0.3) is 0 Å². The predicted molar refractivity (Wildman–Crippen MR) is 55.7 cm³/mol. The highest BCUT2D eigenvalue weighted by Crippen LogP contribution is 2.13. The SMILES string of the molecule is Cc1nc(NCCC(C)C)c(N)[nH]1. The molecule has 0 atom stereocenters. The number of nitrogens with two attached hydrogens (primary N) is 1. The van der Waals surface area contributed by atoms with Gasteiger partial charge >= 0.3 is 0 Å². The Kier molecular flexibility index (Phi) is 3.17. The average molecular weight is 182 g/mol. The molecule has 0 amide bonds. The van der Waals surface area contributed by atoms with Gasteiger partial charge in [-0.15, -0.1) is 0 Å². The molecule has 0 saturated heterocycles. The Balaban J connectivity index is 2.40. The van der Waals surface area contributed by atoms with Crippen molar-refractivity contribution < 1.29 is 0 Å². The van der Waals surface area contributed by atoms with Gasteiger partial charge in [0.25, 0.3) is 0 Å². The Morgan fingerprint density at radius 2 is 2.23 bits per heavy atom. The van der Waals surface area contributed by atoms with Crippen LogP contribution in [0.4, 0.5) is 11.6 Å². The summed E-state index contributed by atoms with van der Waals surface area (Å²) < 4.78 is 0. The fourth-order valence-electron chi connectivity index (χ4n) is 1.12. The van der Waals surface area contributed by atoms with Crippen LogP contribution in [0.3, 0.4) is 0 Å². The van der Waals surface area contributed by atoms with Gasteiger partial charge in [0.15, 0.2) is 5.82 Å². The number of rotatable bonds is 4. The minimum atomic E-state index is 0.626. The lowest BCUT2D eigenvalue weighted by Crippen LogP contribution is -2.06. The van der Waals surface area contributed by atoms with Gasteiger partial charge in [0, 0.05) is 6.54 Å². The van der Waals surface area contributed by atoms with Crippen LogP contribution in [0.5, 0.6) is 0 Å². The van der Waals surface area contributed by atoms with E-state index in [2.05, 4.69) is 29.1 Å². The van der Waals surface area contributed by atoms with Crippen molar-refractivity contribution >= 4 is 11.6 Å². The molecule has 0 saturated carbocycles. The fraction of sp³-hybridized carbons (Fsp3) is 0.667. The molecule has 0 aliphatic heterocycles. The summed E-state index contributed by atoms with van der Waals surface area (Å²) in [5.41, 5.74) is 5.68. The number of hydrogen-bond donors (Lipinski definition) is 3. The summed E-state index contributed by atoms with van der Waals surface area (Å²) in [5.74, 6) is 2.96. The third kappa shape index (κ3) is 2.97. The second kappa shape index (κ2) is 4.16. The van der Waals surface area contributed by atoms with E-state index in [-0.39, 0.29) is 0 Å². The van der Waals surface area contributed by atoms with Crippen molar-refractivity contribution in [2.45, 2.75) is 27.2 Å². The Morgan fingerprint density at radius 3 is 2.69 bits per heavy atom. The third-order valence-corrected chi connectivity index (χ3v) is 1.86. The number of hydrogen-bond acceptors (Lipinski definition) is 3. The minimum Gasteiger partial charge on any atom is -0.382 e. The van der Waals surface area contributed by atoms with Crippen LogP contribution >= 0.6 is 0 Å². The highest BCUT2D eigenvalue weighted by atomic mass is 15.1. The molecule has 0 aliphatic rings. The van der Waals surface area contributed by atoms with E-state index < -0.39 is 0 Å². The number of aromatic nitrogens is 2. The number of nitrogens with one attached hydrogen (secondary N) is 2. The quantitative estimate of drug-likeness (QED) is 0.664. The van der Waals surface area contributed by atoms with Crippen molar-refractivity contribution in [2.24, 2.45) is 5.92 Å². The highest BCUT2D eigenvalue weighted by Gasteiger charge is 2.03. The molecule has 74 valence electrons. The minimum absolute atomic E-state index is 0.626. The summed E-state index contributed by atoms with van der Waals surface area (Å²) in [6.07, 6.45) is 1.13. The lowest BCUT2D eigenvalue weighted by atomic mass is 10.1. The summed E-state index contributed by atoms with van der Waals surface area (Å²) >= 11 is 0. The summed E-state index contributed by atoms with van der Waals surface area (Å²) in [7, 11) is 0. The van der Waals surface area contributed by atoms with Crippen molar-refractivity contribution in [3.8, 4) is 0 Å². The van der Waals surface area contributed by atoms with Crippen molar-refractivity contribution in [3.63, 3.8) is 0 Å². The molecule has 13 heavy (non-hydrogen) atoms. The molecule has 0 radical (unpaired) electrons. The molecule has 1 heterocycles. The van der Waals surface area contributed by atoms with E-state index in [9.17, 15) is 0 Å². The number of H-pyrrole nitrogens is 1. The molecule has 1 aromatic heterocycles. The molecule has 0 unspecified atom stereocenters. The van der Waals surface area contributed by atoms with Gasteiger partial charge in [-0.2, -0.15) is 0 Å². The molecule has 4 N–H and O–H groups in total. The number of aryl methyl sites for hydroxylation is 1. The first-order valence-electron chi connectivity index (χ1n) is 4.65. The maximum absolute atomic E-state index is 5.68. The van der Waals surface area contributed by atoms with Gasteiger partial charge in [0.1, 0.15) is 11.6 Å². The molecule has 0 spiro atoms. The van der Waals surface area contributed by atoms with Crippen molar-refractivity contribution in [1.82, 2.24) is 9.97 Å². The van der Waals surface area contributed by atoms with Crippen LogP contribution < -0.4 is 11.1 Å². The maximum atomic E-state index is 5.68. The van der Waals surface area contributed by atoms with Crippen molar-refractivity contribution in [1.29, 1.82) is 0 Å². The van der Waals surface area contributed by atoms with Gasteiger partial charge in [0.05, 0.1) is 0 Å². The number of imidazole rings is 1. The Hall–Kier alpha value is -1.19. The van der Waals surface area contributed by atoms with Crippen LogP contribution in [-0.4, -0.2) is 16.5 Å². The second-order valence-electron chi connectivity index (χ2n) is 3.69. The van der Waals surface area contributed by atoms with E-state index in [0.29, 0.717) is 11.7 Å². The predicted octanol–water partition coefficient (Wildman–Crippen LogP) is 1.76. The van der Waals surface area contributed by atoms with Crippen LogP contribution in [0.2, 0.25) is 0 Å². The molecule has 0 aromatic carbocycles. The van der Waals surface area contributed by atoms with Crippen LogP contribution in [0, 0.1) is 12.8 Å². The standard InChI is InChI=1S/C9H18N4/c1-6(2)4-5-11-9-8(10)12-7(3)13-9/h6,11H,4-5,10H2,1-3H3,(H,12,13). The van der Waals surface area contributed by atoms with Crippen molar-refractivity contribution in [2.75, 3.05) is 17.6 Å². The van der Waals surface area contributed by atoms with E-state index in [1.807, 2.05) is 6.92 Å². The summed E-state index contributed by atoms with van der Waals surface area (Å²) in [6, 6.07) is 0. The van der Waals surface area contributed by atoms with Crippen LogP contribution in [-0.2, 0) is 0 Å². The largest absolute Gasteiger partial charge is 0.382 e. The first-order valence-corrected chi connectivity index (χ1v) is 4.65. The molecular formula is C9H18N4. The van der Waals surface area contributed by atoms with Gasteiger partial charge in [-0.25, -0.2) is 4.98 Å². The number of anilines is 2. The fourth-order valence-corrected chi connectivity index (χ4v) is 1.12.